The van der Waals surface area contributed by atoms with E-state index in [1.807, 2.05) is 0 Å². The van der Waals surface area contributed by atoms with Crippen molar-refractivity contribution >= 4 is 33.3 Å². The Morgan fingerprint density at radius 3 is 2.41 bits per heavy atom. The van der Waals surface area contributed by atoms with Gasteiger partial charge in [-0.1, -0.05) is 17.7 Å². The van der Waals surface area contributed by atoms with Gasteiger partial charge in [0.2, 0.25) is 0 Å². The predicted octanol–water partition coefficient (Wildman–Crippen LogP) is 4.47. The number of ketones is 1. The van der Waals surface area contributed by atoms with Crippen LogP contribution in [0.15, 0.2) is 46.9 Å². The Morgan fingerprint density at radius 1 is 1.12 bits per heavy atom. The average Bonchev–Trinajstić information content (AvgIpc) is 2.33. The van der Waals surface area contributed by atoms with Crippen molar-refractivity contribution in [1.82, 2.24) is 0 Å². The second kappa shape index (κ2) is 4.98. The average molecular weight is 314 g/mol. The van der Waals surface area contributed by atoms with Gasteiger partial charge >= 0.3 is 0 Å². The second-order valence-electron chi connectivity index (χ2n) is 3.44. The van der Waals surface area contributed by atoms with Crippen LogP contribution in [0.2, 0.25) is 5.02 Å². The molecule has 0 saturated carbocycles. The molecule has 0 aliphatic carbocycles. The first-order valence-corrected chi connectivity index (χ1v) is 6.01. The van der Waals surface area contributed by atoms with Crippen molar-refractivity contribution in [2.24, 2.45) is 0 Å². The fraction of sp³-hybridized carbons (Fsp3) is 0. The monoisotopic (exact) mass is 312 g/mol. The molecule has 2 rings (SSSR count). The fourth-order valence-electron chi connectivity index (χ4n) is 1.44. The zero-order valence-corrected chi connectivity index (χ0v) is 10.9. The molecular weight excluding hydrogens is 306 g/mol. The summed E-state index contributed by atoms with van der Waals surface area (Å²) in [6.45, 7) is 0. The van der Waals surface area contributed by atoms with Crippen LogP contribution in [0.5, 0.6) is 0 Å². The molecule has 86 valence electrons. The van der Waals surface area contributed by atoms with Gasteiger partial charge in [0.15, 0.2) is 5.78 Å². The Morgan fingerprint density at radius 2 is 1.76 bits per heavy atom. The van der Waals surface area contributed by atoms with Gasteiger partial charge in [0.1, 0.15) is 5.82 Å². The van der Waals surface area contributed by atoms with Crippen LogP contribution in [0.25, 0.3) is 0 Å². The van der Waals surface area contributed by atoms with Crippen LogP contribution >= 0.6 is 27.5 Å². The third-order valence-corrected chi connectivity index (χ3v) is 3.17. The summed E-state index contributed by atoms with van der Waals surface area (Å²) in [5.74, 6) is -0.909. The minimum atomic E-state index is -0.549. The molecule has 0 saturated heterocycles. The number of benzene rings is 2. The van der Waals surface area contributed by atoms with Gasteiger partial charge in [0.05, 0.1) is 10.0 Å². The van der Waals surface area contributed by atoms with Gasteiger partial charge in [-0.2, -0.15) is 0 Å². The lowest BCUT2D eigenvalue weighted by atomic mass is 10.0. The van der Waals surface area contributed by atoms with Crippen molar-refractivity contribution in [1.29, 1.82) is 0 Å². The topological polar surface area (TPSA) is 17.1 Å². The Bertz CT molecular complexity index is 566. The molecule has 0 amide bonds. The van der Waals surface area contributed by atoms with E-state index >= 15 is 0 Å². The van der Waals surface area contributed by atoms with Gasteiger partial charge in [-0.05, 0) is 52.3 Å². The molecule has 4 heteroatoms. The summed E-state index contributed by atoms with van der Waals surface area (Å²) in [7, 11) is 0. The summed E-state index contributed by atoms with van der Waals surface area (Å²) in [6, 6.07) is 11.0. The summed E-state index contributed by atoms with van der Waals surface area (Å²) in [6.07, 6.45) is 0. The smallest absolute Gasteiger partial charge is 0.196 e. The van der Waals surface area contributed by atoms with E-state index in [0.29, 0.717) is 10.6 Å². The molecule has 17 heavy (non-hydrogen) atoms. The van der Waals surface area contributed by atoms with Crippen LogP contribution in [-0.4, -0.2) is 5.78 Å². The number of halogens is 3. The van der Waals surface area contributed by atoms with Crippen LogP contribution < -0.4 is 0 Å². The molecule has 0 bridgehead atoms. The van der Waals surface area contributed by atoms with Crippen LogP contribution in [0.3, 0.4) is 0 Å². The fourth-order valence-corrected chi connectivity index (χ4v) is 1.93. The number of carbonyl (C=O) groups is 1. The number of carbonyl (C=O) groups excluding carboxylic acids is 1. The van der Waals surface area contributed by atoms with Crippen LogP contribution in [0.1, 0.15) is 15.9 Å². The van der Waals surface area contributed by atoms with E-state index in [1.165, 1.54) is 6.07 Å². The largest absolute Gasteiger partial charge is 0.288 e. The zero-order valence-electron chi connectivity index (χ0n) is 8.58. The highest BCUT2D eigenvalue weighted by molar-refractivity contribution is 9.10. The van der Waals surface area contributed by atoms with Gasteiger partial charge in [-0.25, -0.2) is 4.39 Å². The normalized spacial score (nSPS) is 10.3. The second-order valence-corrected chi connectivity index (χ2v) is 4.73. The maximum Gasteiger partial charge on any atom is 0.196 e. The number of hydrogen-bond acceptors (Lipinski definition) is 1. The van der Waals surface area contributed by atoms with Crippen LogP contribution in [0.4, 0.5) is 4.39 Å². The van der Waals surface area contributed by atoms with Crippen molar-refractivity contribution in [2.75, 3.05) is 0 Å². The molecule has 0 fully saturated rings. The summed E-state index contributed by atoms with van der Waals surface area (Å²) in [4.78, 5) is 12.0. The standard InChI is InChI=1S/C13H7BrClFO/c14-11-3-1-2-10(12(11)16)13(17)8-4-6-9(15)7-5-8/h1-7H. The quantitative estimate of drug-likeness (QED) is 0.748. The third-order valence-electron chi connectivity index (χ3n) is 2.30. The summed E-state index contributed by atoms with van der Waals surface area (Å²) < 4.78 is 14.0. The maximum atomic E-state index is 13.7. The molecule has 2 aromatic rings. The van der Waals surface area contributed by atoms with E-state index in [1.54, 1.807) is 36.4 Å². The first kappa shape index (κ1) is 12.3. The minimum Gasteiger partial charge on any atom is -0.288 e. The Hall–Kier alpha value is -1.19. The molecule has 0 atom stereocenters. The van der Waals surface area contributed by atoms with Crippen molar-refractivity contribution in [3.8, 4) is 0 Å². The van der Waals surface area contributed by atoms with Gasteiger partial charge in [-0.15, -0.1) is 0 Å². The SMILES string of the molecule is O=C(c1ccc(Cl)cc1)c1cccc(Br)c1F. The minimum absolute atomic E-state index is 0.0432. The molecule has 0 radical (unpaired) electrons. The Kier molecular flexibility index (Phi) is 3.60. The Labute approximate surface area is 111 Å². The summed E-state index contributed by atoms with van der Waals surface area (Å²) in [5.41, 5.74) is 0.452. The molecule has 0 aliphatic rings. The summed E-state index contributed by atoms with van der Waals surface area (Å²) in [5, 5.41) is 0.538. The highest BCUT2D eigenvalue weighted by atomic mass is 79.9. The summed E-state index contributed by atoms with van der Waals surface area (Å²) >= 11 is 8.78. The lowest BCUT2D eigenvalue weighted by Gasteiger charge is -2.04. The van der Waals surface area contributed by atoms with Crippen molar-refractivity contribution in [2.45, 2.75) is 0 Å². The number of rotatable bonds is 2. The van der Waals surface area contributed by atoms with E-state index in [2.05, 4.69) is 15.9 Å². The van der Waals surface area contributed by atoms with Crippen molar-refractivity contribution in [3.05, 3.63) is 68.9 Å². The van der Waals surface area contributed by atoms with Gasteiger partial charge in [0.25, 0.3) is 0 Å². The van der Waals surface area contributed by atoms with Gasteiger partial charge in [0, 0.05) is 10.6 Å². The molecule has 1 nitrogen and oxygen atoms in total. The molecular formula is C13H7BrClFO. The third kappa shape index (κ3) is 2.56. The Balaban J connectivity index is 2.44. The highest BCUT2D eigenvalue weighted by Crippen LogP contribution is 2.21. The lowest BCUT2D eigenvalue weighted by Crippen LogP contribution is -2.04. The van der Waals surface area contributed by atoms with Crippen molar-refractivity contribution in [3.63, 3.8) is 0 Å². The van der Waals surface area contributed by atoms with Crippen molar-refractivity contribution < 1.29 is 9.18 Å². The molecule has 0 N–H and O–H groups in total. The maximum absolute atomic E-state index is 13.7. The molecule has 0 unspecified atom stereocenters. The zero-order chi connectivity index (χ0) is 12.4. The predicted molar refractivity (Wildman–Crippen MR) is 69.0 cm³/mol. The van der Waals surface area contributed by atoms with E-state index < -0.39 is 5.82 Å². The first-order valence-electron chi connectivity index (χ1n) is 4.84. The first-order chi connectivity index (χ1) is 8.09. The molecule has 0 heterocycles. The van der Waals surface area contributed by atoms with Gasteiger partial charge in [-0.3, -0.25) is 4.79 Å². The molecule has 0 aromatic heterocycles. The van der Waals surface area contributed by atoms with Gasteiger partial charge < -0.3 is 0 Å². The van der Waals surface area contributed by atoms with E-state index in [-0.39, 0.29) is 15.8 Å². The van der Waals surface area contributed by atoms with E-state index in [0.717, 1.165) is 0 Å². The van der Waals surface area contributed by atoms with Crippen LogP contribution in [0, 0.1) is 5.82 Å². The lowest BCUT2D eigenvalue weighted by molar-refractivity contribution is 0.103. The molecule has 2 aromatic carbocycles. The van der Waals surface area contributed by atoms with Crippen LogP contribution in [-0.2, 0) is 0 Å². The van der Waals surface area contributed by atoms with E-state index in [9.17, 15) is 9.18 Å². The molecule has 0 aliphatic heterocycles. The molecule has 0 spiro atoms. The number of hydrogen-bond donors (Lipinski definition) is 0. The highest BCUT2D eigenvalue weighted by Gasteiger charge is 2.15. The van der Waals surface area contributed by atoms with E-state index in [4.69, 9.17) is 11.6 Å².